The van der Waals surface area contributed by atoms with E-state index in [1.807, 2.05) is 63.3 Å². The summed E-state index contributed by atoms with van der Waals surface area (Å²) in [6.07, 6.45) is 5.70. The molecule has 0 amide bonds. The van der Waals surface area contributed by atoms with Gasteiger partial charge in [-0.25, -0.2) is 4.79 Å². The van der Waals surface area contributed by atoms with E-state index in [4.69, 9.17) is 9.16 Å². The Labute approximate surface area is 187 Å². The van der Waals surface area contributed by atoms with Crippen LogP contribution in [-0.2, 0) is 14.0 Å². The summed E-state index contributed by atoms with van der Waals surface area (Å²) < 4.78 is 11.9. The van der Waals surface area contributed by atoms with Crippen molar-refractivity contribution in [1.29, 1.82) is 0 Å². The van der Waals surface area contributed by atoms with Gasteiger partial charge in [-0.05, 0) is 57.0 Å². The highest BCUT2D eigenvalue weighted by Crippen LogP contribution is 2.27. The predicted molar refractivity (Wildman–Crippen MR) is 128 cm³/mol. The van der Waals surface area contributed by atoms with E-state index < -0.39 is 19.9 Å². The molecule has 0 aliphatic rings. The first-order valence-electron chi connectivity index (χ1n) is 11.0. The normalized spacial score (nSPS) is 13.8. The fourth-order valence-corrected chi connectivity index (χ4v) is 5.74. The van der Waals surface area contributed by atoms with Gasteiger partial charge in [-0.15, -0.1) is 0 Å². The number of nitro groups is 1. The fraction of sp³-hybridized carbons (Fsp3) is 0.542. The van der Waals surface area contributed by atoms with Crippen LogP contribution < -0.4 is 0 Å². The molecule has 0 N–H and O–H groups in total. The molecule has 0 aliphatic carbocycles. The second-order valence-electron chi connectivity index (χ2n) is 8.70. The Hall–Kier alpha value is -2.41. The Balaban J connectivity index is 3.16. The molecule has 1 unspecified atom stereocenters. The molecular formula is C24H37NO5Si. The van der Waals surface area contributed by atoms with E-state index in [1.54, 1.807) is 6.08 Å². The monoisotopic (exact) mass is 447 g/mol. The summed E-state index contributed by atoms with van der Waals surface area (Å²) >= 11 is 0. The van der Waals surface area contributed by atoms with Crippen LogP contribution in [0.15, 0.2) is 48.2 Å². The molecule has 7 heteroatoms. The largest absolute Gasteiger partial charge is 0.539 e. The van der Waals surface area contributed by atoms with Crippen LogP contribution in [0.4, 0.5) is 0 Å². The molecule has 6 nitrogen and oxygen atoms in total. The number of rotatable bonds is 12. The average molecular weight is 448 g/mol. The van der Waals surface area contributed by atoms with E-state index in [0.29, 0.717) is 6.42 Å². The van der Waals surface area contributed by atoms with E-state index in [0.717, 1.165) is 23.7 Å². The molecule has 0 radical (unpaired) electrons. The second-order valence-corrected chi connectivity index (χ2v) is 13.4. The standard InChI is InChI=1S/C24H37NO5Si/c1-7-31(8-2,9-3)30-22(23(26)29-24(4,5)6)18-17-21(19-25(27)28)16-15-20-13-11-10-12-14-20/h10-16,18,21H,7-9,17,19H2,1-6H3/b16-15+,22-18-. The lowest BCUT2D eigenvalue weighted by molar-refractivity contribution is -0.485. The zero-order valence-corrected chi connectivity index (χ0v) is 20.7. The molecule has 1 atom stereocenters. The highest BCUT2D eigenvalue weighted by molar-refractivity contribution is 6.74. The highest BCUT2D eigenvalue weighted by atomic mass is 28.4. The number of hydrogen-bond donors (Lipinski definition) is 0. The number of nitrogens with zero attached hydrogens (tertiary/aromatic N) is 1. The summed E-state index contributed by atoms with van der Waals surface area (Å²) in [5, 5.41) is 11.2. The Kier molecular flexibility index (Phi) is 10.7. The minimum atomic E-state index is -2.11. The molecule has 0 spiro atoms. The number of carbonyl (C=O) groups is 1. The fourth-order valence-electron chi connectivity index (χ4n) is 3.17. The third-order valence-electron chi connectivity index (χ3n) is 5.21. The van der Waals surface area contributed by atoms with E-state index in [9.17, 15) is 14.9 Å². The molecule has 0 saturated carbocycles. The van der Waals surface area contributed by atoms with Crippen LogP contribution in [0.3, 0.4) is 0 Å². The SMILES string of the molecule is CC[Si](CC)(CC)O/C(=C\CC(/C=C/c1ccccc1)C[N+](=O)[O-])C(=O)OC(C)(C)C. The molecule has 0 bridgehead atoms. The van der Waals surface area contributed by atoms with E-state index in [-0.39, 0.29) is 23.1 Å². The molecule has 0 saturated heterocycles. The van der Waals surface area contributed by atoms with Crippen molar-refractivity contribution in [1.82, 2.24) is 0 Å². The van der Waals surface area contributed by atoms with Crippen molar-refractivity contribution in [3.63, 3.8) is 0 Å². The molecule has 0 fully saturated rings. The molecular weight excluding hydrogens is 410 g/mol. The Morgan fingerprint density at radius 1 is 1.13 bits per heavy atom. The summed E-state index contributed by atoms with van der Waals surface area (Å²) in [7, 11) is -2.11. The topological polar surface area (TPSA) is 78.7 Å². The lowest BCUT2D eigenvalue weighted by Crippen LogP contribution is -2.38. The Morgan fingerprint density at radius 3 is 2.19 bits per heavy atom. The van der Waals surface area contributed by atoms with Gasteiger partial charge in [-0.2, -0.15) is 0 Å². The number of ether oxygens (including phenoxy) is 1. The van der Waals surface area contributed by atoms with Crippen LogP contribution in [0.1, 0.15) is 53.5 Å². The average Bonchev–Trinajstić information content (AvgIpc) is 2.71. The zero-order valence-electron chi connectivity index (χ0n) is 19.7. The maximum atomic E-state index is 12.9. The van der Waals surface area contributed by atoms with Gasteiger partial charge in [0.1, 0.15) is 5.60 Å². The Bertz CT molecular complexity index is 756. The van der Waals surface area contributed by atoms with Crippen molar-refractivity contribution < 1.29 is 18.9 Å². The molecule has 0 aliphatic heterocycles. The van der Waals surface area contributed by atoms with Crippen molar-refractivity contribution in [2.24, 2.45) is 5.92 Å². The number of carbonyl (C=O) groups excluding carboxylic acids is 1. The van der Waals surface area contributed by atoms with Crippen LogP contribution in [0.5, 0.6) is 0 Å². The summed E-state index contributed by atoms with van der Waals surface area (Å²) in [4.78, 5) is 23.7. The predicted octanol–water partition coefficient (Wildman–Crippen LogP) is 6.23. The van der Waals surface area contributed by atoms with Crippen LogP contribution in [-0.4, -0.2) is 31.4 Å². The summed E-state index contributed by atoms with van der Waals surface area (Å²) in [5.74, 6) is -0.683. The highest BCUT2D eigenvalue weighted by Gasteiger charge is 2.34. The minimum absolute atomic E-state index is 0.189. The second kappa shape index (κ2) is 12.4. The zero-order chi connectivity index (χ0) is 23.5. The van der Waals surface area contributed by atoms with Crippen molar-refractivity contribution >= 4 is 20.4 Å². The number of esters is 1. The maximum absolute atomic E-state index is 12.9. The maximum Gasteiger partial charge on any atom is 0.372 e. The first-order chi connectivity index (χ1) is 14.5. The van der Waals surface area contributed by atoms with Crippen LogP contribution in [0.25, 0.3) is 6.08 Å². The molecule has 0 heterocycles. The Morgan fingerprint density at radius 2 is 1.71 bits per heavy atom. The van der Waals surface area contributed by atoms with Crippen molar-refractivity contribution in [2.45, 2.75) is 71.7 Å². The van der Waals surface area contributed by atoms with Gasteiger partial charge in [0, 0.05) is 10.8 Å². The minimum Gasteiger partial charge on any atom is -0.539 e. The van der Waals surface area contributed by atoms with E-state index >= 15 is 0 Å². The number of hydrogen-bond acceptors (Lipinski definition) is 5. The molecule has 1 rings (SSSR count). The number of allylic oxidation sites excluding steroid dienone is 1. The van der Waals surface area contributed by atoms with Gasteiger partial charge in [-0.1, -0.05) is 63.3 Å². The van der Waals surface area contributed by atoms with Gasteiger partial charge in [0.25, 0.3) is 8.32 Å². The van der Waals surface area contributed by atoms with Crippen molar-refractivity contribution in [3.05, 3.63) is 63.9 Å². The van der Waals surface area contributed by atoms with Crippen LogP contribution >= 0.6 is 0 Å². The summed E-state index contributed by atoms with van der Waals surface area (Å²) in [5.41, 5.74) is 0.319. The van der Waals surface area contributed by atoms with Crippen LogP contribution in [0.2, 0.25) is 18.1 Å². The van der Waals surface area contributed by atoms with Crippen LogP contribution in [0, 0.1) is 16.0 Å². The van der Waals surface area contributed by atoms with E-state index in [1.165, 1.54) is 0 Å². The van der Waals surface area contributed by atoms with Gasteiger partial charge in [0.05, 0.1) is 0 Å². The lowest BCUT2D eigenvalue weighted by atomic mass is 10.0. The first kappa shape index (κ1) is 26.6. The summed E-state index contributed by atoms with van der Waals surface area (Å²) in [6, 6.07) is 12.3. The van der Waals surface area contributed by atoms with Gasteiger partial charge in [-0.3, -0.25) is 10.1 Å². The third kappa shape index (κ3) is 9.96. The summed E-state index contributed by atoms with van der Waals surface area (Å²) in [6.45, 7) is 11.5. The first-order valence-corrected chi connectivity index (χ1v) is 13.5. The smallest absolute Gasteiger partial charge is 0.372 e. The van der Waals surface area contributed by atoms with Crippen molar-refractivity contribution in [3.8, 4) is 0 Å². The molecule has 172 valence electrons. The van der Waals surface area contributed by atoms with Gasteiger partial charge in [0.15, 0.2) is 5.76 Å². The van der Waals surface area contributed by atoms with Gasteiger partial charge >= 0.3 is 5.97 Å². The van der Waals surface area contributed by atoms with Gasteiger partial charge in [0.2, 0.25) is 6.54 Å². The lowest BCUT2D eigenvalue weighted by Gasteiger charge is -2.31. The molecule has 0 aromatic heterocycles. The third-order valence-corrected chi connectivity index (χ3v) is 9.73. The quantitative estimate of drug-likeness (QED) is 0.0947. The van der Waals surface area contributed by atoms with E-state index in [2.05, 4.69) is 20.8 Å². The molecule has 1 aromatic rings. The van der Waals surface area contributed by atoms with Gasteiger partial charge < -0.3 is 9.16 Å². The molecule has 1 aromatic carbocycles. The number of benzene rings is 1. The van der Waals surface area contributed by atoms with Crippen molar-refractivity contribution in [2.75, 3.05) is 6.54 Å². The molecule has 31 heavy (non-hydrogen) atoms.